The summed E-state index contributed by atoms with van der Waals surface area (Å²) in [6, 6.07) is 6.83. The number of carbonyl (C=O) groups is 1. The van der Waals surface area contributed by atoms with Crippen LogP contribution in [0.3, 0.4) is 0 Å². The van der Waals surface area contributed by atoms with E-state index in [2.05, 4.69) is 15.3 Å². The molecule has 5 nitrogen and oxygen atoms in total. The Morgan fingerprint density at radius 2 is 2.11 bits per heavy atom. The summed E-state index contributed by atoms with van der Waals surface area (Å²) in [4.78, 5) is 19.1. The van der Waals surface area contributed by atoms with E-state index in [0.29, 0.717) is 12.2 Å². The second-order valence-electron chi connectivity index (χ2n) is 4.33. The van der Waals surface area contributed by atoms with Gasteiger partial charge in [-0.1, -0.05) is 0 Å². The highest BCUT2D eigenvalue weighted by molar-refractivity contribution is 6.09. The molecule has 0 spiro atoms. The molecule has 0 atom stereocenters. The maximum atomic E-state index is 11.8. The van der Waals surface area contributed by atoms with Crippen molar-refractivity contribution in [2.75, 3.05) is 6.54 Å². The van der Waals surface area contributed by atoms with Crippen molar-refractivity contribution in [2.24, 2.45) is 0 Å². The van der Waals surface area contributed by atoms with Crippen molar-refractivity contribution >= 4 is 27.7 Å². The average molecular weight is 255 g/mol. The topological polar surface area (TPSA) is 78.0 Å². The van der Waals surface area contributed by atoms with Gasteiger partial charge in [0.05, 0.1) is 11.7 Å². The summed E-state index contributed by atoms with van der Waals surface area (Å²) in [7, 11) is 0. The number of nitrogens with zero attached hydrogens (tertiary/aromatic N) is 1. The molecule has 3 rings (SSSR count). The highest BCUT2D eigenvalue weighted by Gasteiger charge is 2.10. The minimum absolute atomic E-state index is 0.195. The van der Waals surface area contributed by atoms with E-state index in [-0.39, 0.29) is 11.7 Å². The van der Waals surface area contributed by atoms with E-state index in [0.717, 1.165) is 21.8 Å². The van der Waals surface area contributed by atoms with Crippen LogP contribution in [0.2, 0.25) is 0 Å². The van der Waals surface area contributed by atoms with Crippen LogP contribution in [-0.4, -0.2) is 27.5 Å². The van der Waals surface area contributed by atoms with Gasteiger partial charge in [0.2, 0.25) is 0 Å². The molecule has 3 aromatic rings. The van der Waals surface area contributed by atoms with Gasteiger partial charge in [0, 0.05) is 22.8 Å². The molecule has 0 aliphatic carbocycles. The molecule has 0 aliphatic heterocycles. The van der Waals surface area contributed by atoms with Crippen molar-refractivity contribution in [3.8, 4) is 5.75 Å². The molecule has 0 saturated carbocycles. The van der Waals surface area contributed by atoms with Crippen LogP contribution in [0.5, 0.6) is 5.75 Å². The second-order valence-corrected chi connectivity index (χ2v) is 4.33. The predicted octanol–water partition coefficient (Wildman–Crippen LogP) is 2.17. The van der Waals surface area contributed by atoms with Crippen molar-refractivity contribution in [1.82, 2.24) is 15.3 Å². The number of phenols is 1. The smallest absolute Gasteiger partial charge is 0.269 e. The van der Waals surface area contributed by atoms with Crippen LogP contribution in [-0.2, 0) is 0 Å². The molecule has 0 saturated heterocycles. The highest BCUT2D eigenvalue weighted by atomic mass is 16.3. The Kier molecular flexibility index (Phi) is 2.59. The molecular formula is C14H13N3O2. The second kappa shape index (κ2) is 4.28. The lowest BCUT2D eigenvalue weighted by Gasteiger charge is -2.01. The van der Waals surface area contributed by atoms with Crippen LogP contribution >= 0.6 is 0 Å². The number of nitrogens with one attached hydrogen (secondary N) is 2. The first-order chi connectivity index (χ1) is 9.19. The number of pyridine rings is 1. The zero-order chi connectivity index (χ0) is 13.4. The van der Waals surface area contributed by atoms with Gasteiger partial charge < -0.3 is 15.4 Å². The van der Waals surface area contributed by atoms with Gasteiger partial charge in [0.1, 0.15) is 11.4 Å². The van der Waals surface area contributed by atoms with Crippen molar-refractivity contribution < 1.29 is 9.90 Å². The number of H-pyrrole nitrogens is 1. The van der Waals surface area contributed by atoms with Crippen molar-refractivity contribution in [3.63, 3.8) is 0 Å². The number of amides is 1. The van der Waals surface area contributed by atoms with Gasteiger partial charge in [-0.2, -0.15) is 0 Å². The van der Waals surface area contributed by atoms with E-state index < -0.39 is 0 Å². The van der Waals surface area contributed by atoms with E-state index in [1.54, 1.807) is 30.5 Å². The van der Waals surface area contributed by atoms with Gasteiger partial charge in [-0.05, 0) is 31.2 Å². The quantitative estimate of drug-likeness (QED) is 0.656. The van der Waals surface area contributed by atoms with Crippen molar-refractivity contribution in [3.05, 3.63) is 36.2 Å². The van der Waals surface area contributed by atoms with E-state index in [9.17, 15) is 9.90 Å². The van der Waals surface area contributed by atoms with Gasteiger partial charge in [-0.15, -0.1) is 0 Å². The fourth-order valence-corrected chi connectivity index (χ4v) is 2.16. The number of carbonyl (C=O) groups excluding carboxylic acids is 1. The normalized spacial score (nSPS) is 11.0. The molecule has 3 N–H and O–H groups in total. The van der Waals surface area contributed by atoms with Gasteiger partial charge in [0.25, 0.3) is 5.91 Å². The third-order valence-corrected chi connectivity index (χ3v) is 3.04. The molecule has 2 heterocycles. The third-order valence-electron chi connectivity index (χ3n) is 3.04. The number of benzene rings is 1. The maximum Gasteiger partial charge on any atom is 0.269 e. The van der Waals surface area contributed by atoms with Gasteiger partial charge in [-0.3, -0.25) is 4.79 Å². The monoisotopic (exact) mass is 255 g/mol. The fourth-order valence-electron chi connectivity index (χ4n) is 2.16. The molecule has 0 aliphatic rings. The Hall–Kier alpha value is -2.56. The van der Waals surface area contributed by atoms with Crippen LogP contribution < -0.4 is 5.32 Å². The number of hydrogen-bond donors (Lipinski definition) is 3. The lowest BCUT2D eigenvalue weighted by molar-refractivity contribution is 0.0951. The molecule has 0 bridgehead atoms. The summed E-state index contributed by atoms with van der Waals surface area (Å²) in [5.74, 6) is 0.00340. The van der Waals surface area contributed by atoms with Crippen LogP contribution in [0.1, 0.15) is 17.4 Å². The lowest BCUT2D eigenvalue weighted by Crippen LogP contribution is -2.23. The molecule has 0 radical (unpaired) electrons. The van der Waals surface area contributed by atoms with Crippen molar-refractivity contribution in [2.45, 2.75) is 6.92 Å². The molecule has 0 unspecified atom stereocenters. The standard InChI is InChI=1S/C14H13N3O2/c1-2-15-14(19)12-6-10-9-5-8(18)3-4-11(9)17-13(10)7-16-12/h3-7,17-18H,2H2,1H3,(H,15,19). The Morgan fingerprint density at radius 1 is 1.32 bits per heavy atom. The number of aromatic amines is 1. The van der Waals surface area contributed by atoms with Crippen LogP contribution in [0.25, 0.3) is 21.8 Å². The summed E-state index contributed by atoms with van der Waals surface area (Å²) >= 11 is 0. The molecule has 1 amide bonds. The molecule has 1 aromatic carbocycles. The number of phenolic OH excluding ortho intramolecular Hbond substituents is 1. The largest absolute Gasteiger partial charge is 0.508 e. The molecule has 96 valence electrons. The molecular weight excluding hydrogens is 242 g/mol. The summed E-state index contributed by atoms with van der Waals surface area (Å²) in [6.07, 6.45) is 1.64. The average Bonchev–Trinajstić information content (AvgIpc) is 2.76. The zero-order valence-electron chi connectivity index (χ0n) is 10.4. The number of aromatic hydroxyl groups is 1. The molecule has 2 aromatic heterocycles. The van der Waals surface area contributed by atoms with Gasteiger partial charge >= 0.3 is 0 Å². The maximum absolute atomic E-state index is 11.8. The van der Waals surface area contributed by atoms with E-state index >= 15 is 0 Å². The first-order valence-corrected chi connectivity index (χ1v) is 6.07. The first-order valence-electron chi connectivity index (χ1n) is 6.07. The lowest BCUT2D eigenvalue weighted by atomic mass is 10.1. The number of aromatic nitrogens is 2. The molecule has 19 heavy (non-hydrogen) atoms. The van der Waals surface area contributed by atoms with Gasteiger partial charge in [0.15, 0.2) is 0 Å². The SMILES string of the molecule is CCNC(=O)c1cc2c(cn1)[nH]c1ccc(O)cc12. The van der Waals surface area contributed by atoms with Crippen LogP contribution in [0.15, 0.2) is 30.5 Å². The molecule has 5 heteroatoms. The summed E-state index contributed by atoms with van der Waals surface area (Å²) in [6.45, 7) is 2.42. The summed E-state index contributed by atoms with van der Waals surface area (Å²) in [5.41, 5.74) is 2.12. The third kappa shape index (κ3) is 1.89. The number of fused-ring (bicyclic) bond motifs is 3. The van der Waals surface area contributed by atoms with Crippen LogP contribution in [0.4, 0.5) is 0 Å². The van der Waals surface area contributed by atoms with E-state index in [4.69, 9.17) is 0 Å². The summed E-state index contributed by atoms with van der Waals surface area (Å²) in [5, 5.41) is 14.0. The Morgan fingerprint density at radius 3 is 2.89 bits per heavy atom. The Bertz CT molecular complexity index is 777. The highest BCUT2D eigenvalue weighted by Crippen LogP contribution is 2.28. The fraction of sp³-hybridized carbons (Fsp3) is 0.143. The zero-order valence-corrected chi connectivity index (χ0v) is 10.4. The van der Waals surface area contributed by atoms with Crippen LogP contribution in [0, 0.1) is 0 Å². The predicted molar refractivity (Wildman–Crippen MR) is 73.3 cm³/mol. The first kappa shape index (κ1) is 11.5. The van der Waals surface area contributed by atoms with E-state index in [1.165, 1.54) is 0 Å². The number of hydrogen-bond acceptors (Lipinski definition) is 3. The Balaban J connectivity index is 2.23. The van der Waals surface area contributed by atoms with Gasteiger partial charge in [-0.25, -0.2) is 4.98 Å². The Labute approximate surface area is 109 Å². The molecule has 0 fully saturated rings. The van der Waals surface area contributed by atoms with Crippen molar-refractivity contribution in [1.29, 1.82) is 0 Å². The summed E-state index contributed by atoms with van der Waals surface area (Å²) < 4.78 is 0. The minimum atomic E-state index is -0.195. The number of rotatable bonds is 2. The minimum Gasteiger partial charge on any atom is -0.508 e. The van der Waals surface area contributed by atoms with E-state index in [1.807, 2.05) is 6.92 Å².